The first-order chi connectivity index (χ1) is 7.51. The second kappa shape index (κ2) is 5.32. The predicted molar refractivity (Wildman–Crippen MR) is 66.0 cm³/mol. The fraction of sp³-hybridized carbons (Fsp3) is 0.538. The van der Waals surface area contributed by atoms with Crippen LogP contribution in [0.4, 0.5) is 0 Å². The Hall–Kier alpha value is -1.06. The number of aliphatic hydroxyl groups is 1. The summed E-state index contributed by atoms with van der Waals surface area (Å²) in [6.07, 6.45) is 0. The number of hydrogen-bond acceptors (Lipinski definition) is 3. The molecule has 0 fully saturated rings. The van der Waals surface area contributed by atoms with Gasteiger partial charge in [-0.15, -0.1) is 0 Å². The van der Waals surface area contributed by atoms with Crippen molar-refractivity contribution in [3.8, 4) is 5.75 Å². The Morgan fingerprint density at radius 3 is 2.31 bits per heavy atom. The highest BCUT2D eigenvalue weighted by Gasteiger charge is 2.16. The lowest BCUT2D eigenvalue weighted by molar-refractivity contribution is 0.170. The van der Waals surface area contributed by atoms with Gasteiger partial charge < -0.3 is 14.7 Å². The summed E-state index contributed by atoms with van der Waals surface area (Å²) in [7, 11) is 5.62. The van der Waals surface area contributed by atoms with Crippen LogP contribution in [0, 0.1) is 13.8 Å². The largest absolute Gasteiger partial charge is 0.496 e. The lowest BCUT2D eigenvalue weighted by Gasteiger charge is -2.25. The number of hydrogen-bond donors (Lipinski definition) is 1. The SMILES string of the molecule is COc1cc(C)c(C(CO)N(C)C)cc1C. The zero-order valence-electron chi connectivity index (χ0n) is 10.7. The van der Waals surface area contributed by atoms with Gasteiger partial charge in [0.1, 0.15) is 5.75 Å². The molecule has 0 heterocycles. The van der Waals surface area contributed by atoms with Gasteiger partial charge in [-0.3, -0.25) is 0 Å². The van der Waals surface area contributed by atoms with Crippen molar-refractivity contribution in [3.63, 3.8) is 0 Å². The van der Waals surface area contributed by atoms with Crippen LogP contribution in [0.3, 0.4) is 0 Å². The molecule has 16 heavy (non-hydrogen) atoms. The topological polar surface area (TPSA) is 32.7 Å². The molecule has 1 N–H and O–H groups in total. The van der Waals surface area contributed by atoms with Crippen LogP contribution in [-0.4, -0.2) is 37.8 Å². The van der Waals surface area contributed by atoms with Gasteiger partial charge in [-0.25, -0.2) is 0 Å². The van der Waals surface area contributed by atoms with Crippen LogP contribution in [0.1, 0.15) is 22.7 Å². The molecule has 1 rings (SSSR count). The Morgan fingerprint density at radius 1 is 1.25 bits per heavy atom. The first-order valence-corrected chi connectivity index (χ1v) is 5.43. The normalized spacial score (nSPS) is 12.9. The molecule has 0 bridgehead atoms. The maximum absolute atomic E-state index is 9.42. The molecule has 0 aliphatic carbocycles. The van der Waals surface area contributed by atoms with Crippen molar-refractivity contribution in [2.24, 2.45) is 0 Å². The number of ether oxygens (including phenoxy) is 1. The molecule has 0 aromatic heterocycles. The van der Waals surface area contributed by atoms with Gasteiger partial charge in [-0.05, 0) is 50.7 Å². The van der Waals surface area contributed by atoms with E-state index in [9.17, 15) is 5.11 Å². The van der Waals surface area contributed by atoms with Crippen LogP contribution in [0.5, 0.6) is 5.75 Å². The third-order valence-electron chi connectivity index (χ3n) is 2.94. The van der Waals surface area contributed by atoms with Crippen LogP contribution >= 0.6 is 0 Å². The maximum atomic E-state index is 9.42. The molecular weight excluding hydrogens is 202 g/mol. The van der Waals surface area contributed by atoms with Gasteiger partial charge in [0.05, 0.1) is 19.8 Å². The van der Waals surface area contributed by atoms with Crippen molar-refractivity contribution in [3.05, 3.63) is 28.8 Å². The molecule has 0 saturated carbocycles. The first kappa shape index (κ1) is 13.0. The van der Waals surface area contributed by atoms with Gasteiger partial charge >= 0.3 is 0 Å². The van der Waals surface area contributed by atoms with Crippen LogP contribution in [-0.2, 0) is 0 Å². The van der Waals surface area contributed by atoms with Crippen molar-refractivity contribution in [1.82, 2.24) is 4.90 Å². The smallest absolute Gasteiger partial charge is 0.122 e. The van der Waals surface area contributed by atoms with E-state index in [0.29, 0.717) is 0 Å². The van der Waals surface area contributed by atoms with Gasteiger partial charge in [-0.2, -0.15) is 0 Å². The molecule has 1 aromatic carbocycles. The molecule has 1 aromatic rings. The zero-order valence-corrected chi connectivity index (χ0v) is 10.7. The van der Waals surface area contributed by atoms with Gasteiger partial charge in [0.25, 0.3) is 0 Å². The molecule has 1 atom stereocenters. The minimum absolute atomic E-state index is 0.0459. The first-order valence-electron chi connectivity index (χ1n) is 5.43. The molecule has 90 valence electrons. The molecule has 0 amide bonds. The third kappa shape index (κ3) is 2.54. The van der Waals surface area contributed by atoms with E-state index >= 15 is 0 Å². The zero-order chi connectivity index (χ0) is 12.3. The number of benzene rings is 1. The van der Waals surface area contributed by atoms with E-state index in [1.165, 1.54) is 0 Å². The van der Waals surface area contributed by atoms with E-state index in [1.807, 2.05) is 38.9 Å². The van der Waals surface area contributed by atoms with Crippen LogP contribution in [0.2, 0.25) is 0 Å². The highest BCUT2D eigenvalue weighted by Crippen LogP contribution is 2.28. The summed E-state index contributed by atoms with van der Waals surface area (Å²) in [6, 6.07) is 4.16. The molecule has 3 nitrogen and oxygen atoms in total. The number of methoxy groups -OCH3 is 1. The molecule has 0 spiro atoms. The summed E-state index contributed by atoms with van der Waals surface area (Å²) in [5.74, 6) is 0.900. The summed E-state index contributed by atoms with van der Waals surface area (Å²) < 4.78 is 5.28. The minimum atomic E-state index is 0.0459. The average molecular weight is 223 g/mol. The van der Waals surface area contributed by atoms with Crippen LogP contribution in [0.15, 0.2) is 12.1 Å². The van der Waals surface area contributed by atoms with E-state index in [0.717, 1.165) is 22.4 Å². The number of nitrogens with zero attached hydrogens (tertiary/aromatic N) is 1. The highest BCUT2D eigenvalue weighted by atomic mass is 16.5. The summed E-state index contributed by atoms with van der Waals surface area (Å²) in [5.41, 5.74) is 3.41. The Balaban J connectivity index is 3.18. The monoisotopic (exact) mass is 223 g/mol. The number of aliphatic hydroxyl groups excluding tert-OH is 1. The summed E-state index contributed by atoms with van der Waals surface area (Å²) in [5, 5.41) is 9.42. The number of aryl methyl sites for hydroxylation is 2. The van der Waals surface area contributed by atoms with E-state index < -0.39 is 0 Å². The predicted octanol–water partition coefficient (Wildman–Crippen LogP) is 1.91. The molecular formula is C13H21NO2. The van der Waals surface area contributed by atoms with E-state index in [2.05, 4.69) is 6.07 Å². The maximum Gasteiger partial charge on any atom is 0.122 e. The molecule has 0 saturated heterocycles. The molecule has 1 unspecified atom stereocenters. The number of likely N-dealkylation sites (N-methyl/N-ethyl adjacent to an activating group) is 1. The number of rotatable bonds is 4. The fourth-order valence-corrected chi connectivity index (χ4v) is 1.93. The lowest BCUT2D eigenvalue weighted by atomic mass is 9.98. The highest BCUT2D eigenvalue weighted by molar-refractivity contribution is 5.42. The summed E-state index contributed by atoms with van der Waals surface area (Å²) in [4.78, 5) is 2.02. The molecule has 0 aliphatic rings. The summed E-state index contributed by atoms with van der Waals surface area (Å²) >= 11 is 0. The molecule has 0 aliphatic heterocycles. The average Bonchev–Trinajstić information content (AvgIpc) is 2.23. The van der Waals surface area contributed by atoms with Crippen molar-refractivity contribution < 1.29 is 9.84 Å². The molecule has 0 radical (unpaired) electrons. The Bertz CT molecular complexity index is 361. The van der Waals surface area contributed by atoms with Gasteiger partial charge in [0.2, 0.25) is 0 Å². The fourth-order valence-electron chi connectivity index (χ4n) is 1.93. The lowest BCUT2D eigenvalue weighted by Crippen LogP contribution is -2.24. The minimum Gasteiger partial charge on any atom is -0.496 e. The van der Waals surface area contributed by atoms with Gasteiger partial charge in [-0.1, -0.05) is 6.07 Å². The van der Waals surface area contributed by atoms with Gasteiger partial charge in [0, 0.05) is 0 Å². The summed E-state index contributed by atoms with van der Waals surface area (Å²) in [6.45, 7) is 4.19. The van der Waals surface area contributed by atoms with Crippen LogP contribution in [0.25, 0.3) is 0 Å². The quantitative estimate of drug-likeness (QED) is 0.846. The van der Waals surface area contributed by atoms with E-state index in [1.54, 1.807) is 7.11 Å². The third-order valence-corrected chi connectivity index (χ3v) is 2.94. The Kier molecular flexibility index (Phi) is 4.33. The van der Waals surface area contributed by atoms with Crippen molar-refractivity contribution in [1.29, 1.82) is 0 Å². The second-order valence-electron chi connectivity index (χ2n) is 4.34. The van der Waals surface area contributed by atoms with Gasteiger partial charge in [0.15, 0.2) is 0 Å². The van der Waals surface area contributed by atoms with E-state index in [-0.39, 0.29) is 12.6 Å². The van der Waals surface area contributed by atoms with Crippen molar-refractivity contribution >= 4 is 0 Å². The Labute approximate surface area is 97.7 Å². The van der Waals surface area contributed by atoms with Crippen LogP contribution < -0.4 is 4.74 Å². The second-order valence-corrected chi connectivity index (χ2v) is 4.34. The standard InChI is InChI=1S/C13H21NO2/c1-9-7-13(16-5)10(2)6-11(9)12(8-15)14(3)4/h6-7,12,15H,8H2,1-5H3. The Morgan fingerprint density at radius 2 is 1.88 bits per heavy atom. The van der Waals surface area contributed by atoms with E-state index in [4.69, 9.17) is 4.74 Å². The van der Waals surface area contributed by atoms with Crippen molar-refractivity contribution in [2.75, 3.05) is 27.8 Å². The van der Waals surface area contributed by atoms with Crippen molar-refractivity contribution in [2.45, 2.75) is 19.9 Å². The molecule has 3 heteroatoms.